The Hall–Kier alpha value is -0.490. The molecule has 1 aromatic carbocycles. The molecule has 0 aromatic heterocycles. The van der Waals surface area contributed by atoms with Gasteiger partial charge in [0, 0.05) is 10.5 Å². The van der Waals surface area contributed by atoms with Gasteiger partial charge in [0.1, 0.15) is 0 Å². The van der Waals surface area contributed by atoms with Crippen LogP contribution in [0.25, 0.3) is 0 Å². The smallest absolute Gasteiger partial charge is 0.403 e. The molecule has 0 N–H and O–H groups in total. The standard InChI is InChI=1S/C7H2BrClF4O/c8-3-1-5(10)6(2-4(3)9)14-7(11,12)13/h1-2H. The van der Waals surface area contributed by atoms with Gasteiger partial charge in [-0.15, -0.1) is 13.2 Å². The number of benzene rings is 1. The van der Waals surface area contributed by atoms with Crippen molar-refractivity contribution in [3.05, 3.63) is 27.4 Å². The van der Waals surface area contributed by atoms with E-state index in [2.05, 4.69) is 20.7 Å². The molecule has 0 atom stereocenters. The van der Waals surface area contributed by atoms with Crippen LogP contribution < -0.4 is 4.74 Å². The van der Waals surface area contributed by atoms with Gasteiger partial charge >= 0.3 is 6.36 Å². The van der Waals surface area contributed by atoms with Gasteiger partial charge in [-0.25, -0.2) is 4.39 Å². The summed E-state index contributed by atoms with van der Waals surface area (Å²) in [5.74, 6) is -2.09. The first-order valence-electron chi connectivity index (χ1n) is 3.20. The molecule has 7 heteroatoms. The molecule has 0 fully saturated rings. The Kier molecular flexibility index (Phi) is 3.26. The van der Waals surface area contributed by atoms with Crippen LogP contribution in [0.15, 0.2) is 16.6 Å². The number of rotatable bonds is 1. The lowest BCUT2D eigenvalue weighted by atomic mass is 10.3. The zero-order chi connectivity index (χ0) is 10.9. The number of hydrogen-bond donors (Lipinski definition) is 0. The molecule has 1 rings (SSSR count). The molecule has 0 aliphatic carbocycles. The summed E-state index contributed by atoms with van der Waals surface area (Å²) in [6.07, 6.45) is -4.93. The van der Waals surface area contributed by atoms with E-state index in [1.54, 1.807) is 0 Å². The Morgan fingerprint density at radius 2 is 1.86 bits per heavy atom. The molecule has 14 heavy (non-hydrogen) atoms. The van der Waals surface area contributed by atoms with E-state index in [-0.39, 0.29) is 9.50 Å². The van der Waals surface area contributed by atoms with Crippen molar-refractivity contribution in [2.75, 3.05) is 0 Å². The van der Waals surface area contributed by atoms with Crippen molar-refractivity contribution in [1.82, 2.24) is 0 Å². The molecule has 0 aliphatic heterocycles. The van der Waals surface area contributed by atoms with Gasteiger partial charge in [0.05, 0.1) is 5.02 Å². The molecule has 0 unspecified atom stereocenters. The topological polar surface area (TPSA) is 9.23 Å². The minimum Gasteiger partial charge on any atom is -0.403 e. The first kappa shape index (κ1) is 11.6. The third kappa shape index (κ3) is 3.02. The van der Waals surface area contributed by atoms with E-state index < -0.39 is 17.9 Å². The van der Waals surface area contributed by atoms with Crippen LogP contribution >= 0.6 is 27.5 Å². The van der Waals surface area contributed by atoms with Crippen LogP contribution in [0, 0.1) is 5.82 Å². The summed E-state index contributed by atoms with van der Waals surface area (Å²) >= 11 is 8.30. The van der Waals surface area contributed by atoms with Crippen molar-refractivity contribution in [3.63, 3.8) is 0 Å². The largest absolute Gasteiger partial charge is 0.573 e. The molecule has 78 valence electrons. The zero-order valence-electron chi connectivity index (χ0n) is 6.33. The third-order valence-corrected chi connectivity index (χ3v) is 2.40. The summed E-state index contributed by atoms with van der Waals surface area (Å²) in [5, 5.41) is -0.0642. The molecular formula is C7H2BrClF4O. The van der Waals surface area contributed by atoms with Crippen LogP contribution in [0.2, 0.25) is 5.02 Å². The van der Waals surface area contributed by atoms with Crippen LogP contribution in [-0.4, -0.2) is 6.36 Å². The summed E-state index contributed by atoms with van der Waals surface area (Å²) in [5.41, 5.74) is 0. The van der Waals surface area contributed by atoms with E-state index in [1.165, 1.54) is 0 Å². The lowest BCUT2D eigenvalue weighted by molar-refractivity contribution is -0.275. The fourth-order valence-electron chi connectivity index (χ4n) is 0.707. The molecule has 0 bridgehead atoms. The van der Waals surface area contributed by atoms with Crippen LogP contribution in [0.5, 0.6) is 5.75 Å². The zero-order valence-corrected chi connectivity index (χ0v) is 8.67. The highest BCUT2D eigenvalue weighted by molar-refractivity contribution is 9.10. The van der Waals surface area contributed by atoms with Crippen LogP contribution in [0.3, 0.4) is 0 Å². The molecule has 1 nitrogen and oxygen atoms in total. The van der Waals surface area contributed by atoms with Gasteiger partial charge in [-0.1, -0.05) is 11.6 Å². The number of halogens is 6. The van der Waals surface area contributed by atoms with Crippen molar-refractivity contribution in [1.29, 1.82) is 0 Å². The lowest BCUT2D eigenvalue weighted by Crippen LogP contribution is -2.17. The SMILES string of the molecule is Fc1cc(Br)c(Cl)cc1OC(F)(F)F. The molecule has 0 aliphatic rings. The van der Waals surface area contributed by atoms with Crippen molar-refractivity contribution in [2.24, 2.45) is 0 Å². The molecule has 1 aromatic rings. The minimum absolute atomic E-state index is 0.0642. The van der Waals surface area contributed by atoms with Gasteiger partial charge in [0.2, 0.25) is 0 Å². The highest BCUT2D eigenvalue weighted by atomic mass is 79.9. The summed E-state index contributed by atoms with van der Waals surface area (Å²) < 4.78 is 51.5. The number of hydrogen-bond acceptors (Lipinski definition) is 1. The van der Waals surface area contributed by atoms with Gasteiger partial charge in [-0.05, 0) is 22.0 Å². The Labute approximate surface area is 89.7 Å². The van der Waals surface area contributed by atoms with E-state index in [4.69, 9.17) is 11.6 Å². The van der Waals surface area contributed by atoms with Crippen molar-refractivity contribution < 1.29 is 22.3 Å². The summed E-state index contributed by atoms with van der Waals surface area (Å²) in [4.78, 5) is 0. The van der Waals surface area contributed by atoms with Crippen molar-refractivity contribution >= 4 is 27.5 Å². The highest BCUT2D eigenvalue weighted by Crippen LogP contribution is 2.32. The second-order valence-corrected chi connectivity index (χ2v) is 3.51. The second-order valence-electron chi connectivity index (χ2n) is 2.24. The van der Waals surface area contributed by atoms with Gasteiger partial charge < -0.3 is 4.74 Å². The summed E-state index contributed by atoms with van der Waals surface area (Å²) in [7, 11) is 0. The summed E-state index contributed by atoms with van der Waals surface area (Å²) in [6, 6.07) is 1.54. The molecule has 0 saturated heterocycles. The molecule has 0 radical (unpaired) electrons. The average Bonchev–Trinajstić information content (AvgIpc) is 1.97. The summed E-state index contributed by atoms with van der Waals surface area (Å²) in [6.45, 7) is 0. The van der Waals surface area contributed by atoms with Crippen molar-refractivity contribution in [2.45, 2.75) is 6.36 Å². The first-order valence-corrected chi connectivity index (χ1v) is 4.37. The van der Waals surface area contributed by atoms with E-state index in [1.807, 2.05) is 0 Å². The van der Waals surface area contributed by atoms with Gasteiger partial charge in [-0.3, -0.25) is 0 Å². The van der Waals surface area contributed by atoms with Crippen LogP contribution in [0.4, 0.5) is 17.6 Å². The normalized spacial score (nSPS) is 11.6. The van der Waals surface area contributed by atoms with E-state index >= 15 is 0 Å². The maximum Gasteiger partial charge on any atom is 0.573 e. The lowest BCUT2D eigenvalue weighted by Gasteiger charge is -2.10. The van der Waals surface area contributed by atoms with Gasteiger partial charge in [-0.2, -0.15) is 0 Å². The molecule has 0 spiro atoms. The Balaban J connectivity index is 3.04. The number of alkyl halides is 3. The monoisotopic (exact) mass is 292 g/mol. The van der Waals surface area contributed by atoms with Gasteiger partial charge in [0.15, 0.2) is 11.6 Å². The van der Waals surface area contributed by atoms with Gasteiger partial charge in [0.25, 0.3) is 0 Å². The first-order chi connectivity index (χ1) is 6.29. The molecular weight excluding hydrogens is 291 g/mol. The van der Waals surface area contributed by atoms with Crippen molar-refractivity contribution in [3.8, 4) is 5.75 Å². The fourth-order valence-corrected chi connectivity index (χ4v) is 1.18. The molecule has 0 heterocycles. The maximum atomic E-state index is 12.8. The van der Waals surface area contributed by atoms with Crippen LogP contribution in [0.1, 0.15) is 0 Å². The second kappa shape index (κ2) is 3.94. The van der Waals surface area contributed by atoms with E-state index in [0.717, 1.165) is 12.1 Å². The average molecular weight is 293 g/mol. The molecule has 0 saturated carbocycles. The Morgan fingerprint density at radius 1 is 1.29 bits per heavy atom. The number of ether oxygens (including phenoxy) is 1. The highest BCUT2D eigenvalue weighted by Gasteiger charge is 2.32. The Morgan fingerprint density at radius 3 is 2.36 bits per heavy atom. The quantitative estimate of drug-likeness (QED) is 0.558. The fraction of sp³-hybridized carbons (Fsp3) is 0.143. The van der Waals surface area contributed by atoms with Crippen LogP contribution in [-0.2, 0) is 0 Å². The van der Waals surface area contributed by atoms with E-state index in [9.17, 15) is 17.6 Å². The molecule has 0 amide bonds. The maximum absolute atomic E-state index is 12.8. The predicted molar refractivity (Wildman–Crippen MR) is 45.8 cm³/mol. The Bertz CT molecular complexity index is 352. The minimum atomic E-state index is -4.93. The third-order valence-electron chi connectivity index (χ3n) is 1.20. The van der Waals surface area contributed by atoms with E-state index in [0.29, 0.717) is 0 Å². The predicted octanol–water partition coefficient (Wildman–Crippen LogP) is 4.14.